The lowest BCUT2D eigenvalue weighted by atomic mass is 10.2. The Kier molecular flexibility index (Phi) is 3.98. The smallest absolute Gasteiger partial charge is 0.323 e. The van der Waals surface area contributed by atoms with Gasteiger partial charge in [0.05, 0.1) is 19.4 Å². The van der Waals surface area contributed by atoms with Crippen LogP contribution in [0.5, 0.6) is 0 Å². The lowest BCUT2D eigenvalue weighted by Gasteiger charge is -2.21. The van der Waals surface area contributed by atoms with Crippen LogP contribution in [0.3, 0.4) is 0 Å². The fraction of sp³-hybridized carbons (Fsp3) is 0.667. The van der Waals surface area contributed by atoms with Gasteiger partial charge in [-0.15, -0.1) is 0 Å². The number of rotatable bonds is 4. The maximum absolute atomic E-state index is 11.6. The minimum absolute atomic E-state index is 0.266. The molecule has 1 aromatic rings. The molecule has 0 amide bonds. The minimum Gasteiger partial charge on any atom is -0.468 e. The van der Waals surface area contributed by atoms with E-state index in [4.69, 9.17) is 4.74 Å². The van der Waals surface area contributed by atoms with Gasteiger partial charge in [0, 0.05) is 32.8 Å². The SMILES string of the molecule is COC(=O)C1CC(O)CN1CCc1cnn(C)c1. The number of esters is 1. The Morgan fingerprint density at radius 1 is 1.67 bits per heavy atom. The van der Waals surface area contributed by atoms with Crippen LogP contribution >= 0.6 is 0 Å². The second-order valence-corrected chi connectivity index (χ2v) is 4.70. The Hall–Kier alpha value is -1.40. The fourth-order valence-corrected chi connectivity index (χ4v) is 2.38. The van der Waals surface area contributed by atoms with Gasteiger partial charge in [0.1, 0.15) is 6.04 Å². The normalized spacial score (nSPS) is 24.4. The molecule has 2 rings (SSSR count). The molecule has 18 heavy (non-hydrogen) atoms. The molecule has 0 aromatic carbocycles. The number of carbonyl (C=O) groups excluding carboxylic acids is 1. The van der Waals surface area contributed by atoms with Gasteiger partial charge in [-0.3, -0.25) is 14.4 Å². The standard InChI is InChI=1S/C12H19N3O3/c1-14-7-9(6-13-14)3-4-15-8-10(16)5-11(15)12(17)18-2/h6-7,10-11,16H,3-5,8H2,1-2H3. The van der Waals surface area contributed by atoms with Crippen LogP contribution in [-0.2, 0) is 23.0 Å². The molecule has 1 aliphatic rings. The molecule has 100 valence electrons. The zero-order valence-electron chi connectivity index (χ0n) is 10.7. The van der Waals surface area contributed by atoms with E-state index in [-0.39, 0.29) is 12.0 Å². The molecule has 0 spiro atoms. The highest BCUT2D eigenvalue weighted by Crippen LogP contribution is 2.19. The van der Waals surface area contributed by atoms with Crippen LogP contribution in [0.4, 0.5) is 0 Å². The van der Waals surface area contributed by atoms with Gasteiger partial charge in [-0.1, -0.05) is 0 Å². The number of carbonyl (C=O) groups is 1. The van der Waals surface area contributed by atoms with Gasteiger partial charge < -0.3 is 9.84 Å². The molecule has 1 fully saturated rings. The van der Waals surface area contributed by atoms with Gasteiger partial charge in [-0.05, 0) is 12.0 Å². The third-order valence-corrected chi connectivity index (χ3v) is 3.30. The van der Waals surface area contributed by atoms with Crippen molar-refractivity contribution >= 4 is 5.97 Å². The zero-order chi connectivity index (χ0) is 13.1. The van der Waals surface area contributed by atoms with E-state index in [1.807, 2.05) is 24.3 Å². The molecule has 1 N–H and O–H groups in total. The summed E-state index contributed by atoms with van der Waals surface area (Å²) in [6.07, 6.45) is 4.61. The third-order valence-electron chi connectivity index (χ3n) is 3.30. The van der Waals surface area contributed by atoms with Gasteiger partial charge >= 0.3 is 5.97 Å². The highest BCUT2D eigenvalue weighted by molar-refractivity contribution is 5.76. The van der Waals surface area contributed by atoms with Gasteiger partial charge in [0.25, 0.3) is 0 Å². The molecule has 2 unspecified atom stereocenters. The maximum atomic E-state index is 11.6. The van der Waals surface area contributed by atoms with E-state index in [0.717, 1.165) is 18.5 Å². The van der Waals surface area contributed by atoms with Gasteiger partial charge in [-0.25, -0.2) is 0 Å². The first-order valence-corrected chi connectivity index (χ1v) is 6.07. The molecule has 6 heteroatoms. The van der Waals surface area contributed by atoms with E-state index in [1.165, 1.54) is 7.11 Å². The summed E-state index contributed by atoms with van der Waals surface area (Å²) in [5.74, 6) is -0.266. The predicted octanol–water partition coefficient (Wildman–Crippen LogP) is -0.429. The molecule has 2 heterocycles. The van der Waals surface area contributed by atoms with E-state index in [1.54, 1.807) is 4.68 Å². The second kappa shape index (κ2) is 5.49. The van der Waals surface area contributed by atoms with Crippen LogP contribution in [0, 0.1) is 0 Å². The molecule has 0 bridgehead atoms. The number of likely N-dealkylation sites (tertiary alicyclic amines) is 1. The van der Waals surface area contributed by atoms with Crippen molar-refractivity contribution in [2.24, 2.45) is 7.05 Å². The topological polar surface area (TPSA) is 67.6 Å². The highest BCUT2D eigenvalue weighted by atomic mass is 16.5. The molecule has 1 aromatic heterocycles. The minimum atomic E-state index is -0.442. The first-order valence-electron chi connectivity index (χ1n) is 6.07. The van der Waals surface area contributed by atoms with Crippen LogP contribution in [-0.4, -0.2) is 58.1 Å². The number of aromatic nitrogens is 2. The second-order valence-electron chi connectivity index (χ2n) is 4.70. The van der Waals surface area contributed by atoms with E-state index in [9.17, 15) is 9.90 Å². The van der Waals surface area contributed by atoms with E-state index in [0.29, 0.717) is 13.0 Å². The van der Waals surface area contributed by atoms with Crippen LogP contribution in [0.1, 0.15) is 12.0 Å². The number of aliphatic hydroxyl groups excluding tert-OH is 1. The molecule has 6 nitrogen and oxygen atoms in total. The van der Waals surface area contributed by atoms with Crippen LogP contribution in [0.25, 0.3) is 0 Å². The summed E-state index contributed by atoms with van der Waals surface area (Å²) in [6.45, 7) is 1.25. The van der Waals surface area contributed by atoms with Crippen molar-refractivity contribution in [3.63, 3.8) is 0 Å². The molecule has 0 aliphatic carbocycles. The number of aliphatic hydroxyl groups is 1. The summed E-state index contributed by atoms with van der Waals surface area (Å²) in [7, 11) is 3.26. The van der Waals surface area contributed by atoms with E-state index >= 15 is 0 Å². The number of hydrogen-bond acceptors (Lipinski definition) is 5. The van der Waals surface area contributed by atoms with Crippen molar-refractivity contribution in [2.45, 2.75) is 25.0 Å². The third kappa shape index (κ3) is 2.88. The van der Waals surface area contributed by atoms with Crippen molar-refractivity contribution in [1.29, 1.82) is 0 Å². The average Bonchev–Trinajstić information content (AvgIpc) is 2.92. The Bertz CT molecular complexity index is 418. The molecule has 2 atom stereocenters. The Morgan fingerprint density at radius 2 is 2.44 bits per heavy atom. The van der Waals surface area contributed by atoms with Crippen molar-refractivity contribution in [2.75, 3.05) is 20.2 Å². The number of aryl methyl sites for hydroxylation is 1. The van der Waals surface area contributed by atoms with Gasteiger partial charge in [0.15, 0.2) is 0 Å². The largest absolute Gasteiger partial charge is 0.468 e. The first-order chi connectivity index (χ1) is 8.60. The summed E-state index contributed by atoms with van der Waals surface area (Å²) in [4.78, 5) is 13.6. The van der Waals surface area contributed by atoms with Crippen molar-refractivity contribution in [1.82, 2.24) is 14.7 Å². The van der Waals surface area contributed by atoms with Gasteiger partial charge in [0.2, 0.25) is 0 Å². The highest BCUT2D eigenvalue weighted by Gasteiger charge is 2.36. The van der Waals surface area contributed by atoms with Crippen molar-refractivity contribution < 1.29 is 14.6 Å². The Morgan fingerprint density at radius 3 is 3.06 bits per heavy atom. The van der Waals surface area contributed by atoms with E-state index in [2.05, 4.69) is 5.10 Å². The molecule has 0 saturated carbocycles. The fourth-order valence-electron chi connectivity index (χ4n) is 2.38. The lowest BCUT2D eigenvalue weighted by molar-refractivity contribution is -0.145. The molecule has 0 radical (unpaired) electrons. The maximum Gasteiger partial charge on any atom is 0.323 e. The van der Waals surface area contributed by atoms with Crippen LogP contribution in [0.2, 0.25) is 0 Å². The molecular weight excluding hydrogens is 234 g/mol. The summed E-state index contributed by atoms with van der Waals surface area (Å²) in [5.41, 5.74) is 1.13. The number of methoxy groups -OCH3 is 1. The molecular formula is C12H19N3O3. The average molecular weight is 253 g/mol. The number of ether oxygens (including phenoxy) is 1. The lowest BCUT2D eigenvalue weighted by Crippen LogP contribution is -2.38. The predicted molar refractivity (Wildman–Crippen MR) is 64.9 cm³/mol. The quantitative estimate of drug-likeness (QED) is 0.738. The van der Waals surface area contributed by atoms with Crippen LogP contribution in [0.15, 0.2) is 12.4 Å². The van der Waals surface area contributed by atoms with Crippen molar-refractivity contribution in [3.05, 3.63) is 18.0 Å². The zero-order valence-corrected chi connectivity index (χ0v) is 10.7. The van der Waals surface area contributed by atoms with E-state index < -0.39 is 6.10 Å². The Labute approximate surface area is 106 Å². The van der Waals surface area contributed by atoms with Crippen molar-refractivity contribution in [3.8, 4) is 0 Å². The molecule has 1 aliphatic heterocycles. The van der Waals surface area contributed by atoms with Crippen LogP contribution < -0.4 is 0 Å². The monoisotopic (exact) mass is 253 g/mol. The summed E-state index contributed by atoms with van der Waals surface area (Å²) >= 11 is 0. The van der Waals surface area contributed by atoms with Gasteiger partial charge in [-0.2, -0.15) is 5.10 Å². The summed E-state index contributed by atoms with van der Waals surface area (Å²) < 4.78 is 6.52. The molecule has 1 saturated heterocycles. The number of β-amino-alcohol motifs (C(OH)–C–C–N with tert-alkyl or cyclic N) is 1. The Balaban J connectivity index is 1.92. The summed E-state index contributed by atoms with van der Waals surface area (Å²) in [5, 5.41) is 13.8. The number of hydrogen-bond donors (Lipinski definition) is 1. The first kappa shape index (κ1) is 13.0. The number of nitrogens with zero attached hydrogens (tertiary/aromatic N) is 3. The summed E-state index contributed by atoms with van der Waals surface area (Å²) in [6, 6.07) is -0.318.